The summed E-state index contributed by atoms with van der Waals surface area (Å²) in [6.07, 6.45) is 0. The highest BCUT2D eigenvalue weighted by atomic mass is 32.2. The van der Waals surface area contributed by atoms with Crippen LogP contribution in [0.5, 0.6) is 0 Å². The Morgan fingerprint density at radius 2 is 1.70 bits per heavy atom. The summed E-state index contributed by atoms with van der Waals surface area (Å²) in [6.45, 7) is -0.231. The first-order valence-electron chi connectivity index (χ1n) is 6.74. The second-order valence-electron chi connectivity index (χ2n) is 5.01. The molecular formula is C14H18N2O4S3. The van der Waals surface area contributed by atoms with Gasteiger partial charge in [-0.2, -0.15) is 12.7 Å². The highest BCUT2D eigenvalue weighted by Gasteiger charge is 2.31. The minimum Gasteiger partial charge on any atom is -0.222 e. The van der Waals surface area contributed by atoms with Gasteiger partial charge in [-0.3, -0.25) is 0 Å². The Balaban J connectivity index is 2.38. The highest BCUT2D eigenvalue weighted by Crippen LogP contribution is 2.31. The number of benzene rings is 1. The van der Waals surface area contributed by atoms with E-state index >= 15 is 0 Å². The van der Waals surface area contributed by atoms with Gasteiger partial charge in [0.25, 0.3) is 10.2 Å². The molecule has 0 amide bonds. The lowest BCUT2D eigenvalue weighted by Crippen LogP contribution is -2.39. The molecule has 126 valence electrons. The summed E-state index contributed by atoms with van der Waals surface area (Å²) in [5.74, 6) is 0. The van der Waals surface area contributed by atoms with Crippen molar-refractivity contribution in [1.82, 2.24) is 9.03 Å². The SMILES string of the molecule is CN(C)S(=O)(=O)NCC(c1ccccc1)S(=O)(=O)c1cccs1. The maximum absolute atomic E-state index is 12.8. The number of hydrogen-bond acceptors (Lipinski definition) is 5. The molecule has 6 nitrogen and oxygen atoms in total. The van der Waals surface area contributed by atoms with E-state index in [4.69, 9.17) is 0 Å². The molecule has 0 aliphatic rings. The normalized spacial score (nSPS) is 14.0. The van der Waals surface area contributed by atoms with Crippen LogP contribution in [0.2, 0.25) is 0 Å². The van der Waals surface area contributed by atoms with Crippen LogP contribution in [0.3, 0.4) is 0 Å². The Morgan fingerprint density at radius 1 is 1.04 bits per heavy atom. The van der Waals surface area contributed by atoms with Crippen LogP contribution in [0.15, 0.2) is 52.1 Å². The summed E-state index contributed by atoms with van der Waals surface area (Å²) in [4.78, 5) is 0. The van der Waals surface area contributed by atoms with Crippen molar-refractivity contribution in [2.75, 3.05) is 20.6 Å². The van der Waals surface area contributed by atoms with Crippen LogP contribution >= 0.6 is 11.3 Å². The predicted octanol–water partition coefficient (Wildman–Crippen LogP) is 1.66. The van der Waals surface area contributed by atoms with E-state index in [1.165, 1.54) is 20.2 Å². The van der Waals surface area contributed by atoms with Crippen molar-refractivity contribution < 1.29 is 16.8 Å². The molecule has 1 aromatic carbocycles. The summed E-state index contributed by atoms with van der Waals surface area (Å²) in [5, 5.41) is 0.691. The van der Waals surface area contributed by atoms with Crippen LogP contribution < -0.4 is 4.72 Å². The van der Waals surface area contributed by atoms with Gasteiger partial charge in [0.05, 0.1) is 0 Å². The lowest BCUT2D eigenvalue weighted by molar-refractivity contribution is 0.504. The third-order valence-corrected chi connectivity index (χ3v) is 8.28. The van der Waals surface area contributed by atoms with Gasteiger partial charge in [0.2, 0.25) is 0 Å². The van der Waals surface area contributed by atoms with E-state index in [1.54, 1.807) is 41.8 Å². The molecule has 1 N–H and O–H groups in total. The fourth-order valence-electron chi connectivity index (χ4n) is 1.95. The molecule has 2 rings (SSSR count). The van der Waals surface area contributed by atoms with Crippen LogP contribution in [0.1, 0.15) is 10.8 Å². The van der Waals surface area contributed by atoms with Crippen molar-refractivity contribution in [1.29, 1.82) is 0 Å². The minimum atomic E-state index is -3.71. The van der Waals surface area contributed by atoms with Crippen molar-refractivity contribution in [3.8, 4) is 0 Å². The fraction of sp³-hybridized carbons (Fsp3) is 0.286. The molecule has 2 aromatic rings. The number of nitrogens with zero attached hydrogens (tertiary/aromatic N) is 1. The molecule has 9 heteroatoms. The van der Waals surface area contributed by atoms with Gasteiger partial charge in [0, 0.05) is 20.6 Å². The van der Waals surface area contributed by atoms with E-state index in [-0.39, 0.29) is 10.8 Å². The van der Waals surface area contributed by atoms with Crippen LogP contribution in [0.4, 0.5) is 0 Å². The van der Waals surface area contributed by atoms with Gasteiger partial charge in [-0.25, -0.2) is 13.1 Å². The second-order valence-corrected chi connectivity index (χ2v) is 10.3. The summed E-state index contributed by atoms with van der Waals surface area (Å²) in [5.41, 5.74) is 0.544. The number of sulfone groups is 1. The molecule has 0 radical (unpaired) electrons. The molecule has 23 heavy (non-hydrogen) atoms. The first kappa shape index (κ1) is 18.1. The van der Waals surface area contributed by atoms with Crippen LogP contribution in [-0.2, 0) is 20.0 Å². The quantitative estimate of drug-likeness (QED) is 0.799. The summed E-state index contributed by atoms with van der Waals surface area (Å²) in [7, 11) is -4.63. The zero-order valence-corrected chi connectivity index (χ0v) is 15.2. The van der Waals surface area contributed by atoms with E-state index < -0.39 is 25.3 Å². The fourth-order valence-corrected chi connectivity index (χ4v) is 5.56. The van der Waals surface area contributed by atoms with Gasteiger partial charge in [0.15, 0.2) is 9.84 Å². The van der Waals surface area contributed by atoms with E-state index in [9.17, 15) is 16.8 Å². The van der Waals surface area contributed by atoms with Gasteiger partial charge in [-0.1, -0.05) is 36.4 Å². The topological polar surface area (TPSA) is 83.6 Å². The standard InChI is InChI=1S/C14H18N2O4S3/c1-16(2)23(19,20)15-11-13(12-7-4-3-5-8-12)22(17,18)14-9-6-10-21-14/h3-10,13,15H,11H2,1-2H3. The Kier molecular flexibility index (Phi) is 5.58. The average molecular weight is 375 g/mol. The summed E-state index contributed by atoms with van der Waals surface area (Å²) in [6, 6.07) is 11.8. The molecule has 0 saturated heterocycles. The molecule has 0 aliphatic carbocycles. The second kappa shape index (κ2) is 7.10. The first-order valence-corrected chi connectivity index (χ1v) is 10.6. The summed E-state index contributed by atoms with van der Waals surface area (Å²) >= 11 is 1.12. The molecule has 0 spiro atoms. The minimum absolute atomic E-state index is 0.218. The van der Waals surface area contributed by atoms with Crippen LogP contribution in [0.25, 0.3) is 0 Å². The smallest absolute Gasteiger partial charge is 0.222 e. The van der Waals surface area contributed by atoms with Gasteiger partial charge in [-0.05, 0) is 17.0 Å². The Morgan fingerprint density at radius 3 is 2.22 bits per heavy atom. The maximum atomic E-state index is 12.8. The summed E-state index contributed by atoms with van der Waals surface area (Å²) < 4.78 is 53.1. The Labute approximate surface area is 140 Å². The number of nitrogens with one attached hydrogen (secondary N) is 1. The monoisotopic (exact) mass is 374 g/mol. The van der Waals surface area contributed by atoms with E-state index in [0.29, 0.717) is 5.56 Å². The van der Waals surface area contributed by atoms with Crippen molar-refractivity contribution in [2.24, 2.45) is 0 Å². The largest absolute Gasteiger partial charge is 0.278 e. The zero-order chi connectivity index (χ0) is 17.1. The number of hydrogen-bond donors (Lipinski definition) is 1. The Hall–Kier alpha value is -1.26. The van der Waals surface area contributed by atoms with Crippen molar-refractivity contribution in [2.45, 2.75) is 9.46 Å². The molecular weight excluding hydrogens is 356 g/mol. The number of rotatable bonds is 7. The third kappa shape index (κ3) is 4.18. The van der Waals surface area contributed by atoms with Gasteiger partial charge in [-0.15, -0.1) is 11.3 Å². The van der Waals surface area contributed by atoms with Crippen LogP contribution in [0, 0.1) is 0 Å². The third-order valence-electron chi connectivity index (χ3n) is 3.25. The van der Waals surface area contributed by atoms with Crippen molar-refractivity contribution in [3.63, 3.8) is 0 Å². The molecule has 0 aliphatic heterocycles. The molecule has 0 saturated carbocycles. The molecule has 1 unspecified atom stereocenters. The molecule has 1 atom stereocenters. The van der Waals surface area contributed by atoms with E-state index in [2.05, 4.69) is 4.72 Å². The average Bonchev–Trinajstić information content (AvgIpc) is 3.03. The lowest BCUT2D eigenvalue weighted by atomic mass is 10.1. The molecule has 0 fully saturated rings. The highest BCUT2D eigenvalue weighted by molar-refractivity contribution is 7.93. The molecule has 1 aromatic heterocycles. The molecule has 1 heterocycles. The predicted molar refractivity (Wildman–Crippen MR) is 91.3 cm³/mol. The Bertz CT molecular complexity index is 829. The lowest BCUT2D eigenvalue weighted by Gasteiger charge is -2.19. The number of thiophene rings is 1. The first-order chi connectivity index (χ1) is 10.7. The molecule has 0 bridgehead atoms. The zero-order valence-electron chi connectivity index (χ0n) is 12.7. The van der Waals surface area contributed by atoms with Crippen molar-refractivity contribution >= 4 is 31.4 Å². The van der Waals surface area contributed by atoms with Gasteiger partial charge in [0.1, 0.15) is 9.46 Å². The van der Waals surface area contributed by atoms with E-state index in [0.717, 1.165) is 15.6 Å². The van der Waals surface area contributed by atoms with Gasteiger partial charge < -0.3 is 0 Å². The van der Waals surface area contributed by atoms with Gasteiger partial charge >= 0.3 is 0 Å². The van der Waals surface area contributed by atoms with E-state index in [1.807, 2.05) is 0 Å². The van der Waals surface area contributed by atoms with Crippen molar-refractivity contribution in [3.05, 3.63) is 53.4 Å². The maximum Gasteiger partial charge on any atom is 0.278 e. The van der Waals surface area contributed by atoms with Crippen LogP contribution in [-0.4, -0.2) is 41.8 Å².